The van der Waals surface area contributed by atoms with Crippen molar-refractivity contribution in [2.45, 2.75) is 33.4 Å². The number of aromatic nitrogens is 3. The third-order valence-electron chi connectivity index (χ3n) is 3.30. The van der Waals surface area contributed by atoms with E-state index in [1.807, 2.05) is 45.0 Å². The summed E-state index contributed by atoms with van der Waals surface area (Å²) in [6, 6.07) is 7.23. The van der Waals surface area contributed by atoms with Crippen LogP contribution < -0.4 is 11.1 Å². The van der Waals surface area contributed by atoms with Gasteiger partial charge >= 0.3 is 0 Å². The Morgan fingerprint density at radius 3 is 2.52 bits per heavy atom. The Bertz CT molecular complexity index is 584. The monoisotopic (exact) mass is 287 g/mol. The molecule has 0 bridgehead atoms. The molecule has 1 aromatic heterocycles. The highest BCUT2D eigenvalue weighted by molar-refractivity contribution is 5.82. The average Bonchev–Trinajstić information content (AvgIpc) is 2.97. The Kier molecular flexibility index (Phi) is 4.37. The van der Waals surface area contributed by atoms with Gasteiger partial charge in [0.2, 0.25) is 5.91 Å². The number of rotatable bonds is 4. The van der Waals surface area contributed by atoms with Crippen LogP contribution in [-0.2, 0) is 11.3 Å². The minimum absolute atomic E-state index is 0.136. The first-order valence-corrected chi connectivity index (χ1v) is 6.85. The molecule has 0 saturated heterocycles. The summed E-state index contributed by atoms with van der Waals surface area (Å²) >= 11 is 0. The number of benzene rings is 1. The summed E-state index contributed by atoms with van der Waals surface area (Å²) in [6.07, 6.45) is 3.13. The van der Waals surface area contributed by atoms with E-state index in [0.717, 1.165) is 11.3 Å². The van der Waals surface area contributed by atoms with Crippen molar-refractivity contribution in [3.8, 4) is 5.69 Å². The maximum absolute atomic E-state index is 12.0. The van der Waals surface area contributed by atoms with Gasteiger partial charge in [-0.15, -0.1) is 0 Å². The molecule has 1 heterocycles. The van der Waals surface area contributed by atoms with Crippen LogP contribution in [0.3, 0.4) is 0 Å². The SMILES string of the molecule is CC(C)(C)[C@H](N)C(=O)NCc1ccc(-n2cncn2)cc1. The first-order chi connectivity index (χ1) is 9.88. The Labute approximate surface area is 124 Å². The van der Waals surface area contributed by atoms with Crippen LogP contribution in [0.5, 0.6) is 0 Å². The van der Waals surface area contributed by atoms with Crippen LogP contribution in [0.15, 0.2) is 36.9 Å². The fourth-order valence-corrected chi connectivity index (χ4v) is 1.80. The first kappa shape index (κ1) is 15.2. The van der Waals surface area contributed by atoms with Crippen LogP contribution in [0.4, 0.5) is 0 Å². The van der Waals surface area contributed by atoms with Crippen molar-refractivity contribution in [3.05, 3.63) is 42.5 Å². The number of carbonyl (C=O) groups is 1. The molecule has 1 aromatic carbocycles. The molecule has 6 nitrogen and oxygen atoms in total. The minimum Gasteiger partial charge on any atom is -0.351 e. The summed E-state index contributed by atoms with van der Waals surface area (Å²) in [5.74, 6) is -0.136. The van der Waals surface area contributed by atoms with Gasteiger partial charge in [0.15, 0.2) is 0 Å². The standard InChI is InChI=1S/C15H21N5O/c1-15(2,3)13(16)14(21)18-8-11-4-6-12(7-5-11)20-10-17-9-19-20/h4-7,9-10,13H,8,16H2,1-3H3,(H,18,21)/t13-/m1/s1. The highest BCUT2D eigenvalue weighted by Gasteiger charge is 2.26. The number of amides is 1. The Balaban J connectivity index is 1.94. The van der Waals surface area contributed by atoms with Gasteiger partial charge in [-0.05, 0) is 23.1 Å². The van der Waals surface area contributed by atoms with Crippen LogP contribution in [0.1, 0.15) is 26.3 Å². The van der Waals surface area contributed by atoms with Crippen LogP contribution in [0.25, 0.3) is 5.69 Å². The molecule has 21 heavy (non-hydrogen) atoms. The topological polar surface area (TPSA) is 85.8 Å². The van der Waals surface area contributed by atoms with Crippen molar-refractivity contribution in [1.82, 2.24) is 20.1 Å². The molecule has 0 unspecified atom stereocenters. The molecule has 0 aliphatic carbocycles. The fourth-order valence-electron chi connectivity index (χ4n) is 1.80. The van der Waals surface area contributed by atoms with Gasteiger partial charge in [0.1, 0.15) is 12.7 Å². The Morgan fingerprint density at radius 1 is 1.33 bits per heavy atom. The zero-order valence-corrected chi connectivity index (χ0v) is 12.6. The normalized spacial score (nSPS) is 13.0. The predicted molar refractivity (Wildman–Crippen MR) is 80.6 cm³/mol. The van der Waals surface area contributed by atoms with E-state index in [0.29, 0.717) is 6.54 Å². The Morgan fingerprint density at radius 2 is 2.00 bits per heavy atom. The molecule has 0 fully saturated rings. The van der Waals surface area contributed by atoms with Crippen LogP contribution in [0.2, 0.25) is 0 Å². The van der Waals surface area contributed by atoms with Crippen molar-refractivity contribution in [3.63, 3.8) is 0 Å². The number of nitrogens with zero attached hydrogens (tertiary/aromatic N) is 3. The zero-order valence-electron chi connectivity index (χ0n) is 12.6. The second-order valence-electron chi connectivity index (χ2n) is 6.07. The molecule has 1 amide bonds. The van der Waals surface area contributed by atoms with Crippen LogP contribution in [-0.4, -0.2) is 26.7 Å². The summed E-state index contributed by atoms with van der Waals surface area (Å²) in [6.45, 7) is 6.30. The van der Waals surface area contributed by atoms with E-state index in [4.69, 9.17) is 5.73 Å². The molecule has 2 rings (SSSR count). The third kappa shape index (κ3) is 3.88. The highest BCUT2D eigenvalue weighted by atomic mass is 16.2. The summed E-state index contributed by atoms with van der Waals surface area (Å²) in [5, 5.41) is 6.92. The highest BCUT2D eigenvalue weighted by Crippen LogP contribution is 2.17. The molecule has 112 valence electrons. The van der Waals surface area contributed by atoms with Crippen molar-refractivity contribution < 1.29 is 4.79 Å². The minimum atomic E-state index is -0.521. The lowest BCUT2D eigenvalue weighted by atomic mass is 9.87. The molecule has 0 aliphatic heterocycles. The number of nitrogens with two attached hydrogens (primary N) is 1. The van der Waals surface area contributed by atoms with E-state index in [1.165, 1.54) is 6.33 Å². The van der Waals surface area contributed by atoms with Gasteiger partial charge in [0, 0.05) is 6.54 Å². The number of hydrogen-bond acceptors (Lipinski definition) is 4. The maximum atomic E-state index is 12.0. The van der Waals surface area contributed by atoms with Crippen molar-refractivity contribution >= 4 is 5.91 Å². The van der Waals surface area contributed by atoms with Crippen LogP contribution in [0, 0.1) is 5.41 Å². The lowest BCUT2D eigenvalue weighted by Gasteiger charge is -2.25. The fraction of sp³-hybridized carbons (Fsp3) is 0.400. The number of carbonyl (C=O) groups excluding carboxylic acids is 1. The van der Waals surface area contributed by atoms with E-state index >= 15 is 0 Å². The molecule has 1 atom stereocenters. The molecular formula is C15H21N5O. The van der Waals surface area contributed by atoms with Gasteiger partial charge in [-0.25, -0.2) is 9.67 Å². The first-order valence-electron chi connectivity index (χ1n) is 6.85. The van der Waals surface area contributed by atoms with Crippen LogP contribution >= 0.6 is 0 Å². The molecule has 0 aliphatic rings. The van der Waals surface area contributed by atoms with Crippen molar-refractivity contribution in [2.24, 2.45) is 11.1 Å². The van der Waals surface area contributed by atoms with Gasteiger partial charge in [0.25, 0.3) is 0 Å². The third-order valence-corrected chi connectivity index (χ3v) is 3.30. The van der Waals surface area contributed by atoms with Gasteiger partial charge in [-0.2, -0.15) is 5.10 Å². The molecule has 0 radical (unpaired) electrons. The lowest BCUT2D eigenvalue weighted by molar-refractivity contribution is -0.124. The van der Waals surface area contributed by atoms with Crippen molar-refractivity contribution in [1.29, 1.82) is 0 Å². The maximum Gasteiger partial charge on any atom is 0.237 e. The van der Waals surface area contributed by atoms with E-state index in [1.54, 1.807) is 11.0 Å². The smallest absolute Gasteiger partial charge is 0.237 e. The van der Waals surface area contributed by atoms with Gasteiger partial charge in [-0.1, -0.05) is 32.9 Å². The number of hydrogen-bond donors (Lipinski definition) is 2. The largest absolute Gasteiger partial charge is 0.351 e. The van der Waals surface area contributed by atoms with E-state index in [2.05, 4.69) is 15.4 Å². The second kappa shape index (κ2) is 6.05. The summed E-state index contributed by atoms with van der Waals surface area (Å²) in [5.41, 5.74) is 7.60. The molecule has 0 spiro atoms. The number of nitrogens with one attached hydrogen (secondary N) is 1. The van der Waals surface area contributed by atoms with Gasteiger partial charge in [0.05, 0.1) is 11.7 Å². The molecule has 2 aromatic rings. The molecular weight excluding hydrogens is 266 g/mol. The van der Waals surface area contributed by atoms with Crippen molar-refractivity contribution in [2.75, 3.05) is 0 Å². The van der Waals surface area contributed by atoms with Gasteiger partial charge < -0.3 is 11.1 Å². The lowest BCUT2D eigenvalue weighted by Crippen LogP contribution is -2.48. The zero-order chi connectivity index (χ0) is 15.5. The average molecular weight is 287 g/mol. The molecule has 0 saturated carbocycles. The quantitative estimate of drug-likeness (QED) is 0.886. The molecule has 3 N–H and O–H groups in total. The Hall–Kier alpha value is -2.21. The second-order valence-corrected chi connectivity index (χ2v) is 6.07. The van der Waals surface area contributed by atoms with E-state index in [-0.39, 0.29) is 11.3 Å². The van der Waals surface area contributed by atoms with E-state index in [9.17, 15) is 4.79 Å². The summed E-state index contributed by atoms with van der Waals surface area (Å²) < 4.78 is 1.68. The predicted octanol–water partition coefficient (Wildman–Crippen LogP) is 1.26. The summed E-state index contributed by atoms with van der Waals surface area (Å²) in [7, 11) is 0. The van der Waals surface area contributed by atoms with Gasteiger partial charge in [-0.3, -0.25) is 4.79 Å². The molecule has 6 heteroatoms. The van der Waals surface area contributed by atoms with E-state index < -0.39 is 6.04 Å². The summed E-state index contributed by atoms with van der Waals surface area (Å²) in [4.78, 5) is 15.9.